The third-order valence-electron chi connectivity index (χ3n) is 3.14. The van der Waals surface area contributed by atoms with Gasteiger partial charge in [-0.05, 0) is 18.2 Å². The van der Waals surface area contributed by atoms with E-state index in [9.17, 15) is 4.79 Å². The van der Waals surface area contributed by atoms with E-state index < -0.39 is 0 Å². The summed E-state index contributed by atoms with van der Waals surface area (Å²) in [5.41, 5.74) is 7.66. The average molecular weight is 249 g/mol. The molecular formula is C13H19N3O2. The Hall–Kier alpha value is -1.75. The van der Waals surface area contributed by atoms with Gasteiger partial charge in [-0.3, -0.25) is 4.79 Å². The zero-order valence-corrected chi connectivity index (χ0v) is 10.6. The molecule has 0 aromatic heterocycles. The van der Waals surface area contributed by atoms with Gasteiger partial charge < -0.3 is 20.3 Å². The molecule has 98 valence electrons. The second-order valence-electron chi connectivity index (χ2n) is 4.40. The Bertz CT molecular complexity index is 414. The van der Waals surface area contributed by atoms with Crippen molar-refractivity contribution in [2.24, 2.45) is 0 Å². The maximum atomic E-state index is 11.7. The molecule has 0 spiro atoms. The summed E-state index contributed by atoms with van der Waals surface area (Å²) in [6.07, 6.45) is 0. The van der Waals surface area contributed by atoms with Gasteiger partial charge in [0.25, 0.3) is 0 Å². The molecule has 2 rings (SSSR count). The first-order chi connectivity index (χ1) is 8.70. The molecule has 1 aliphatic rings. The summed E-state index contributed by atoms with van der Waals surface area (Å²) in [4.78, 5) is 15.7. The minimum absolute atomic E-state index is 0.0599. The lowest BCUT2D eigenvalue weighted by atomic mass is 10.2. The fraction of sp³-hybridized carbons (Fsp3) is 0.462. The standard InChI is InChI=1S/C13H19N3O2/c1-18-10-13(17)16-7-5-15(6-8-16)12-4-2-3-11(14)9-12/h2-4,9H,5-8,10,14H2,1H3. The van der Waals surface area contributed by atoms with Gasteiger partial charge in [-0.2, -0.15) is 0 Å². The van der Waals surface area contributed by atoms with Gasteiger partial charge >= 0.3 is 0 Å². The number of hydrogen-bond donors (Lipinski definition) is 1. The highest BCUT2D eigenvalue weighted by atomic mass is 16.5. The molecule has 5 nitrogen and oxygen atoms in total. The van der Waals surface area contributed by atoms with Crippen LogP contribution in [0.5, 0.6) is 0 Å². The Morgan fingerprint density at radius 1 is 1.33 bits per heavy atom. The van der Waals surface area contributed by atoms with E-state index in [-0.39, 0.29) is 12.5 Å². The molecule has 0 atom stereocenters. The summed E-state index contributed by atoms with van der Waals surface area (Å²) in [6.45, 7) is 3.30. The van der Waals surface area contributed by atoms with Crippen LogP contribution in [0.2, 0.25) is 0 Å². The first kappa shape index (κ1) is 12.7. The number of rotatable bonds is 3. The number of hydrogen-bond acceptors (Lipinski definition) is 4. The van der Waals surface area contributed by atoms with Gasteiger partial charge in [-0.25, -0.2) is 0 Å². The monoisotopic (exact) mass is 249 g/mol. The molecule has 1 fully saturated rings. The maximum absolute atomic E-state index is 11.7. The minimum atomic E-state index is 0.0599. The molecule has 0 radical (unpaired) electrons. The highest BCUT2D eigenvalue weighted by Gasteiger charge is 2.20. The molecule has 0 unspecified atom stereocenters. The van der Waals surface area contributed by atoms with Gasteiger partial charge in [0, 0.05) is 44.7 Å². The number of benzene rings is 1. The average Bonchev–Trinajstić information content (AvgIpc) is 2.39. The van der Waals surface area contributed by atoms with Crippen molar-refractivity contribution in [2.75, 3.05) is 50.5 Å². The molecule has 5 heteroatoms. The van der Waals surface area contributed by atoms with Gasteiger partial charge in [0.05, 0.1) is 0 Å². The van der Waals surface area contributed by atoms with Crippen LogP contribution >= 0.6 is 0 Å². The fourth-order valence-electron chi connectivity index (χ4n) is 2.15. The summed E-state index contributed by atoms with van der Waals surface area (Å²) in [5, 5.41) is 0. The fourth-order valence-corrected chi connectivity index (χ4v) is 2.15. The normalized spacial score (nSPS) is 15.8. The smallest absolute Gasteiger partial charge is 0.248 e. The zero-order chi connectivity index (χ0) is 13.0. The summed E-state index contributed by atoms with van der Waals surface area (Å²) in [6, 6.07) is 7.84. The third kappa shape index (κ3) is 2.92. The van der Waals surface area contributed by atoms with E-state index in [2.05, 4.69) is 4.90 Å². The maximum Gasteiger partial charge on any atom is 0.248 e. The summed E-state index contributed by atoms with van der Waals surface area (Å²) >= 11 is 0. The van der Waals surface area contributed by atoms with Crippen molar-refractivity contribution < 1.29 is 9.53 Å². The van der Waals surface area contributed by atoms with Crippen LogP contribution < -0.4 is 10.6 Å². The van der Waals surface area contributed by atoms with Crippen molar-refractivity contribution in [3.63, 3.8) is 0 Å². The Kier molecular flexibility index (Phi) is 4.04. The number of nitrogen functional groups attached to an aromatic ring is 1. The number of carbonyl (C=O) groups excluding carboxylic acids is 1. The Labute approximate surface area is 107 Å². The van der Waals surface area contributed by atoms with Crippen LogP contribution in [0.3, 0.4) is 0 Å². The molecule has 1 saturated heterocycles. The van der Waals surface area contributed by atoms with E-state index in [1.807, 2.05) is 29.2 Å². The van der Waals surface area contributed by atoms with Gasteiger partial charge in [-0.15, -0.1) is 0 Å². The molecular weight excluding hydrogens is 230 g/mol. The van der Waals surface area contributed by atoms with E-state index in [4.69, 9.17) is 10.5 Å². The van der Waals surface area contributed by atoms with Gasteiger partial charge in [0.15, 0.2) is 0 Å². The van der Waals surface area contributed by atoms with Gasteiger partial charge in [-0.1, -0.05) is 6.07 Å². The van der Waals surface area contributed by atoms with E-state index in [1.54, 1.807) is 7.11 Å². The molecule has 1 amide bonds. The lowest BCUT2D eigenvalue weighted by molar-refractivity contribution is -0.135. The molecule has 1 aliphatic heterocycles. The first-order valence-electron chi connectivity index (χ1n) is 6.08. The van der Waals surface area contributed by atoms with Crippen molar-refractivity contribution in [3.8, 4) is 0 Å². The minimum Gasteiger partial charge on any atom is -0.399 e. The topological polar surface area (TPSA) is 58.8 Å². The van der Waals surface area contributed by atoms with Crippen LogP contribution in [0.4, 0.5) is 11.4 Å². The lowest BCUT2D eigenvalue weighted by Crippen LogP contribution is -2.49. The van der Waals surface area contributed by atoms with Crippen molar-refractivity contribution in [1.29, 1.82) is 0 Å². The molecule has 0 aliphatic carbocycles. The predicted molar refractivity (Wildman–Crippen MR) is 71.5 cm³/mol. The highest BCUT2D eigenvalue weighted by Crippen LogP contribution is 2.19. The van der Waals surface area contributed by atoms with Crippen molar-refractivity contribution in [1.82, 2.24) is 4.90 Å². The van der Waals surface area contributed by atoms with Gasteiger partial charge in [0.1, 0.15) is 6.61 Å². The number of carbonyl (C=O) groups is 1. The Morgan fingerprint density at radius 2 is 2.06 bits per heavy atom. The summed E-state index contributed by atoms with van der Waals surface area (Å²) < 4.78 is 4.86. The molecule has 2 N–H and O–H groups in total. The Balaban J connectivity index is 1.92. The molecule has 0 bridgehead atoms. The van der Waals surface area contributed by atoms with Crippen LogP contribution in [-0.4, -0.2) is 50.7 Å². The van der Waals surface area contributed by atoms with Crippen molar-refractivity contribution in [2.45, 2.75) is 0 Å². The van der Waals surface area contributed by atoms with Crippen LogP contribution in [0.25, 0.3) is 0 Å². The van der Waals surface area contributed by atoms with Crippen molar-refractivity contribution in [3.05, 3.63) is 24.3 Å². The Morgan fingerprint density at radius 3 is 2.67 bits per heavy atom. The van der Waals surface area contributed by atoms with Crippen LogP contribution in [0.15, 0.2) is 24.3 Å². The van der Waals surface area contributed by atoms with Crippen LogP contribution in [-0.2, 0) is 9.53 Å². The summed E-state index contributed by atoms with van der Waals surface area (Å²) in [5.74, 6) is 0.0599. The van der Waals surface area contributed by atoms with E-state index in [0.29, 0.717) is 0 Å². The zero-order valence-electron chi connectivity index (χ0n) is 10.6. The quantitative estimate of drug-likeness (QED) is 0.795. The number of piperazine rings is 1. The van der Waals surface area contributed by atoms with E-state index in [1.165, 1.54) is 0 Å². The number of nitrogens with zero attached hydrogens (tertiary/aromatic N) is 2. The predicted octanol–water partition coefficient (Wildman–Crippen LogP) is 0.564. The largest absolute Gasteiger partial charge is 0.399 e. The van der Waals surface area contributed by atoms with Crippen LogP contribution in [0.1, 0.15) is 0 Å². The lowest BCUT2D eigenvalue weighted by Gasteiger charge is -2.36. The summed E-state index contributed by atoms with van der Waals surface area (Å²) in [7, 11) is 1.54. The number of nitrogens with two attached hydrogens (primary N) is 1. The number of anilines is 2. The second-order valence-corrected chi connectivity index (χ2v) is 4.40. The highest BCUT2D eigenvalue weighted by molar-refractivity contribution is 5.77. The molecule has 18 heavy (non-hydrogen) atoms. The first-order valence-corrected chi connectivity index (χ1v) is 6.08. The molecule has 1 aromatic rings. The third-order valence-corrected chi connectivity index (χ3v) is 3.14. The molecule has 1 heterocycles. The van der Waals surface area contributed by atoms with Crippen LogP contribution in [0, 0.1) is 0 Å². The molecule has 1 aromatic carbocycles. The molecule has 0 saturated carbocycles. The number of amides is 1. The van der Waals surface area contributed by atoms with Crippen molar-refractivity contribution >= 4 is 17.3 Å². The van der Waals surface area contributed by atoms with Gasteiger partial charge in [0.2, 0.25) is 5.91 Å². The second kappa shape index (κ2) is 5.73. The number of methoxy groups -OCH3 is 1. The van der Waals surface area contributed by atoms with E-state index in [0.717, 1.165) is 37.6 Å². The van der Waals surface area contributed by atoms with E-state index >= 15 is 0 Å². The SMILES string of the molecule is COCC(=O)N1CCN(c2cccc(N)c2)CC1. The number of ether oxygens (including phenoxy) is 1.